The Hall–Kier alpha value is -3.13. The molecule has 0 aliphatic carbocycles. The minimum Gasteiger partial charge on any atom is -0.443 e. The van der Waals surface area contributed by atoms with E-state index < -0.39 is 29.8 Å². The second kappa shape index (κ2) is 8.91. The molecule has 1 N–H and O–H groups in total. The average molecular weight is 412 g/mol. The predicted octanol–water partition coefficient (Wildman–Crippen LogP) is 2.85. The Bertz CT molecular complexity index is 923. The van der Waals surface area contributed by atoms with E-state index in [1.54, 1.807) is 43.3 Å². The van der Waals surface area contributed by atoms with Crippen LogP contribution in [0.25, 0.3) is 0 Å². The maximum Gasteiger partial charge on any atom is 0.320 e. The van der Waals surface area contributed by atoms with E-state index in [4.69, 9.17) is 4.74 Å². The van der Waals surface area contributed by atoms with Gasteiger partial charge in [0.15, 0.2) is 6.73 Å². The number of amides is 3. The molecular weight excluding hydrogens is 392 g/mol. The van der Waals surface area contributed by atoms with E-state index in [2.05, 4.69) is 5.32 Å². The molecule has 0 saturated carbocycles. The third kappa shape index (κ3) is 4.83. The molecule has 1 aliphatic heterocycles. The van der Waals surface area contributed by atoms with Gasteiger partial charge in [-0.15, -0.1) is 11.8 Å². The molecule has 1 aliphatic rings. The van der Waals surface area contributed by atoms with Crippen LogP contribution in [0.5, 0.6) is 0 Å². The minimum atomic E-state index is -0.631. The molecule has 3 rings (SSSR count). The lowest BCUT2D eigenvalue weighted by Gasteiger charge is -2.16. The van der Waals surface area contributed by atoms with Crippen molar-refractivity contribution in [3.63, 3.8) is 0 Å². The highest BCUT2D eigenvalue weighted by Crippen LogP contribution is 2.22. The zero-order valence-corrected chi connectivity index (χ0v) is 16.8. The Labute approximate surface area is 172 Å². The van der Waals surface area contributed by atoms with E-state index in [0.717, 1.165) is 22.2 Å². The highest BCUT2D eigenvalue weighted by Gasteiger charge is 2.36. The first-order chi connectivity index (χ1) is 13.9. The quantitative estimate of drug-likeness (QED) is 0.555. The lowest BCUT2D eigenvalue weighted by molar-refractivity contribution is -0.145. The zero-order valence-electron chi connectivity index (χ0n) is 16.0. The summed E-state index contributed by atoms with van der Waals surface area (Å²) in [6.07, 6.45) is 0. The molecule has 7 nitrogen and oxygen atoms in total. The second-order valence-electron chi connectivity index (χ2n) is 6.54. The number of fused-ring (bicyclic) bond motifs is 1. The predicted molar refractivity (Wildman–Crippen MR) is 110 cm³/mol. The summed E-state index contributed by atoms with van der Waals surface area (Å²) in [6.45, 7) is 3.11. The van der Waals surface area contributed by atoms with Crippen molar-refractivity contribution in [2.24, 2.45) is 0 Å². The Morgan fingerprint density at radius 1 is 1.03 bits per heavy atom. The summed E-state index contributed by atoms with van der Waals surface area (Å²) in [5, 5.41) is 2.12. The van der Waals surface area contributed by atoms with Crippen LogP contribution in [0.1, 0.15) is 33.2 Å². The molecule has 0 spiro atoms. The molecule has 150 valence electrons. The molecule has 0 saturated heterocycles. The number of thioether (sulfide) groups is 1. The van der Waals surface area contributed by atoms with Crippen molar-refractivity contribution < 1.29 is 23.9 Å². The zero-order chi connectivity index (χ0) is 21.0. The average Bonchev–Trinajstić information content (AvgIpc) is 2.96. The summed E-state index contributed by atoms with van der Waals surface area (Å²) in [5.41, 5.74) is 2.36. The number of rotatable bonds is 7. The van der Waals surface area contributed by atoms with Gasteiger partial charge in [0.1, 0.15) is 5.25 Å². The second-order valence-corrected chi connectivity index (χ2v) is 7.87. The standard InChI is InChI=1S/C21H20N2O5S/c1-13-7-9-15(10-8-13)22-18(24)11-29-14(2)21(27)28-12-23-19(25)16-5-3-4-6-17(16)20(23)26/h3-10,14H,11-12H2,1-2H3,(H,22,24). The third-order valence-electron chi connectivity index (χ3n) is 4.35. The van der Waals surface area contributed by atoms with E-state index >= 15 is 0 Å². The number of nitrogens with one attached hydrogen (secondary N) is 1. The summed E-state index contributed by atoms with van der Waals surface area (Å²) in [6, 6.07) is 13.8. The van der Waals surface area contributed by atoms with Crippen LogP contribution in [-0.2, 0) is 14.3 Å². The number of hydrogen-bond acceptors (Lipinski definition) is 6. The number of benzene rings is 2. The van der Waals surface area contributed by atoms with Gasteiger partial charge < -0.3 is 10.1 Å². The lowest BCUT2D eigenvalue weighted by Crippen LogP contribution is -2.34. The number of anilines is 1. The number of carbonyl (C=O) groups excluding carboxylic acids is 4. The van der Waals surface area contributed by atoms with Crippen LogP contribution in [0, 0.1) is 6.92 Å². The summed E-state index contributed by atoms with van der Waals surface area (Å²) < 4.78 is 5.12. The van der Waals surface area contributed by atoms with E-state index in [9.17, 15) is 19.2 Å². The van der Waals surface area contributed by atoms with Crippen LogP contribution < -0.4 is 5.32 Å². The molecule has 1 heterocycles. The SMILES string of the molecule is Cc1ccc(NC(=O)CSC(C)C(=O)OCN2C(=O)c3ccccc3C2=O)cc1. The Morgan fingerprint density at radius 2 is 1.62 bits per heavy atom. The smallest absolute Gasteiger partial charge is 0.320 e. The largest absolute Gasteiger partial charge is 0.443 e. The molecule has 3 amide bonds. The van der Waals surface area contributed by atoms with Crippen LogP contribution in [0.3, 0.4) is 0 Å². The lowest BCUT2D eigenvalue weighted by atomic mass is 10.1. The molecule has 0 radical (unpaired) electrons. The third-order valence-corrected chi connectivity index (χ3v) is 5.47. The first-order valence-electron chi connectivity index (χ1n) is 8.97. The van der Waals surface area contributed by atoms with Crippen LogP contribution in [0.4, 0.5) is 5.69 Å². The number of carbonyl (C=O) groups is 4. The maximum absolute atomic E-state index is 12.3. The molecule has 2 aromatic rings. The maximum atomic E-state index is 12.3. The van der Waals surface area contributed by atoms with E-state index in [1.165, 1.54) is 0 Å². The van der Waals surface area contributed by atoms with Crippen LogP contribution in [0.15, 0.2) is 48.5 Å². The molecule has 8 heteroatoms. The summed E-state index contributed by atoms with van der Waals surface area (Å²) in [4.78, 5) is 49.6. The number of hydrogen-bond donors (Lipinski definition) is 1. The highest BCUT2D eigenvalue weighted by atomic mass is 32.2. The highest BCUT2D eigenvalue weighted by molar-refractivity contribution is 8.01. The van der Waals surface area contributed by atoms with Gasteiger partial charge in [0.2, 0.25) is 5.91 Å². The van der Waals surface area contributed by atoms with Crippen LogP contribution >= 0.6 is 11.8 Å². The van der Waals surface area contributed by atoms with Gasteiger partial charge in [-0.25, -0.2) is 4.90 Å². The molecule has 29 heavy (non-hydrogen) atoms. The molecule has 0 bridgehead atoms. The molecule has 1 unspecified atom stereocenters. The number of esters is 1. The summed E-state index contributed by atoms with van der Waals surface area (Å²) >= 11 is 1.11. The van der Waals surface area contributed by atoms with Gasteiger partial charge in [0, 0.05) is 5.69 Å². The van der Waals surface area contributed by atoms with Crippen molar-refractivity contribution in [1.29, 1.82) is 0 Å². The van der Waals surface area contributed by atoms with Gasteiger partial charge in [0.25, 0.3) is 11.8 Å². The van der Waals surface area contributed by atoms with Gasteiger partial charge >= 0.3 is 5.97 Å². The Morgan fingerprint density at radius 3 is 2.21 bits per heavy atom. The van der Waals surface area contributed by atoms with Gasteiger partial charge in [-0.1, -0.05) is 29.8 Å². The fourth-order valence-electron chi connectivity index (χ4n) is 2.70. The monoisotopic (exact) mass is 412 g/mol. The fourth-order valence-corrected chi connectivity index (χ4v) is 3.38. The number of ether oxygens (including phenoxy) is 1. The topological polar surface area (TPSA) is 92.8 Å². The van der Waals surface area contributed by atoms with Crippen molar-refractivity contribution in [1.82, 2.24) is 4.90 Å². The van der Waals surface area contributed by atoms with E-state index in [1.807, 2.05) is 19.1 Å². The Balaban J connectivity index is 1.45. The molecule has 1 atom stereocenters. The normalized spacial score (nSPS) is 13.8. The van der Waals surface area contributed by atoms with E-state index in [-0.39, 0.29) is 11.7 Å². The van der Waals surface area contributed by atoms with E-state index in [0.29, 0.717) is 16.8 Å². The van der Waals surface area contributed by atoms with Crippen molar-refractivity contribution in [2.45, 2.75) is 19.1 Å². The van der Waals surface area contributed by atoms with Crippen molar-refractivity contribution >= 4 is 41.1 Å². The van der Waals surface area contributed by atoms with Gasteiger partial charge in [-0.05, 0) is 38.1 Å². The first-order valence-corrected chi connectivity index (χ1v) is 10.0. The molecular formula is C21H20N2O5S. The summed E-state index contributed by atoms with van der Waals surface area (Å²) in [5.74, 6) is -1.75. The van der Waals surface area contributed by atoms with Crippen LogP contribution in [0.2, 0.25) is 0 Å². The van der Waals surface area contributed by atoms with Crippen molar-refractivity contribution in [2.75, 3.05) is 17.8 Å². The van der Waals surface area contributed by atoms with Crippen LogP contribution in [-0.4, -0.2) is 46.3 Å². The first kappa shape index (κ1) is 20.6. The molecule has 0 aromatic heterocycles. The van der Waals surface area contributed by atoms with Gasteiger partial charge in [0.05, 0.1) is 16.9 Å². The number of aryl methyl sites for hydroxylation is 1. The molecule has 0 fully saturated rings. The minimum absolute atomic E-state index is 0.0666. The van der Waals surface area contributed by atoms with Crippen molar-refractivity contribution in [3.05, 3.63) is 65.2 Å². The van der Waals surface area contributed by atoms with Gasteiger partial charge in [-0.2, -0.15) is 0 Å². The van der Waals surface area contributed by atoms with Crippen molar-refractivity contribution in [3.8, 4) is 0 Å². The summed E-state index contributed by atoms with van der Waals surface area (Å²) in [7, 11) is 0. The number of imide groups is 1. The molecule has 2 aromatic carbocycles. The van der Waals surface area contributed by atoms with Gasteiger partial charge in [-0.3, -0.25) is 19.2 Å². The fraction of sp³-hybridized carbons (Fsp3) is 0.238. The number of nitrogens with zero attached hydrogens (tertiary/aromatic N) is 1. The Kier molecular flexibility index (Phi) is 6.33.